The van der Waals surface area contributed by atoms with Crippen LogP contribution in [0.4, 0.5) is 13.2 Å². The molecular weight excluding hydrogens is 385 g/mol. The van der Waals surface area contributed by atoms with E-state index in [0.717, 1.165) is 6.07 Å². The number of nitrogens with zero attached hydrogens (tertiary/aromatic N) is 1. The van der Waals surface area contributed by atoms with Gasteiger partial charge in [0.05, 0.1) is 18.6 Å². The van der Waals surface area contributed by atoms with E-state index in [1.54, 1.807) is 4.90 Å². The van der Waals surface area contributed by atoms with Gasteiger partial charge < -0.3 is 15.0 Å². The Balaban J connectivity index is 1.43. The lowest BCUT2D eigenvalue weighted by molar-refractivity contribution is -0.132. The molecule has 1 fully saturated rings. The summed E-state index contributed by atoms with van der Waals surface area (Å²) in [6, 6.07) is 10.6. The fourth-order valence-electron chi connectivity index (χ4n) is 3.17. The van der Waals surface area contributed by atoms with Gasteiger partial charge in [-0.15, -0.1) is 0 Å². The van der Waals surface area contributed by atoms with Gasteiger partial charge in [0.15, 0.2) is 17.5 Å². The van der Waals surface area contributed by atoms with Crippen molar-refractivity contribution in [2.75, 3.05) is 19.7 Å². The normalized spacial score (nSPS) is 14.5. The lowest BCUT2D eigenvalue weighted by Gasteiger charge is -2.32. The molecule has 3 rings (SSSR count). The molecular formula is C21H21F3N2O3. The number of halogens is 3. The van der Waals surface area contributed by atoms with Crippen LogP contribution in [0.15, 0.2) is 42.5 Å². The summed E-state index contributed by atoms with van der Waals surface area (Å²) in [5, 5.41) is 2.62. The summed E-state index contributed by atoms with van der Waals surface area (Å²) in [5.74, 6) is -4.67. The van der Waals surface area contributed by atoms with E-state index in [2.05, 4.69) is 5.32 Å². The van der Waals surface area contributed by atoms with Crippen LogP contribution < -0.4 is 10.1 Å². The minimum atomic E-state index is -1.67. The molecule has 8 heteroatoms. The van der Waals surface area contributed by atoms with Crippen molar-refractivity contribution in [2.45, 2.75) is 25.3 Å². The molecule has 0 bridgehead atoms. The van der Waals surface area contributed by atoms with Gasteiger partial charge in [-0.1, -0.05) is 18.2 Å². The Bertz CT molecular complexity index is 869. The molecule has 0 saturated carbocycles. The number of carbonyl (C=O) groups excluding carboxylic acids is 2. The topological polar surface area (TPSA) is 58.6 Å². The zero-order valence-corrected chi connectivity index (χ0v) is 15.7. The summed E-state index contributed by atoms with van der Waals surface area (Å²) in [6.45, 7) is 1.15. The Morgan fingerprint density at radius 1 is 1.00 bits per heavy atom. The minimum Gasteiger partial charge on any atom is -0.493 e. The second-order valence-electron chi connectivity index (χ2n) is 6.76. The number of rotatable bonds is 6. The zero-order chi connectivity index (χ0) is 20.8. The van der Waals surface area contributed by atoms with Gasteiger partial charge in [0.2, 0.25) is 5.91 Å². The lowest BCUT2D eigenvalue weighted by atomic mass is 10.0. The van der Waals surface area contributed by atoms with Crippen molar-refractivity contribution in [3.05, 3.63) is 65.5 Å². The van der Waals surface area contributed by atoms with Crippen molar-refractivity contribution < 1.29 is 27.5 Å². The highest BCUT2D eigenvalue weighted by Crippen LogP contribution is 2.17. The van der Waals surface area contributed by atoms with Crippen LogP contribution in [0.1, 0.15) is 29.6 Å². The van der Waals surface area contributed by atoms with Crippen LogP contribution in [0.3, 0.4) is 0 Å². The van der Waals surface area contributed by atoms with Gasteiger partial charge in [0, 0.05) is 19.1 Å². The number of hydrogen-bond donors (Lipinski definition) is 1. The molecule has 1 aliphatic rings. The third-order valence-electron chi connectivity index (χ3n) is 4.79. The van der Waals surface area contributed by atoms with Gasteiger partial charge in [-0.3, -0.25) is 9.59 Å². The van der Waals surface area contributed by atoms with E-state index in [-0.39, 0.29) is 25.0 Å². The van der Waals surface area contributed by atoms with Crippen LogP contribution >= 0.6 is 0 Å². The maximum absolute atomic E-state index is 13.7. The fraction of sp³-hybridized carbons (Fsp3) is 0.333. The number of likely N-dealkylation sites (tertiary alicyclic amines) is 1. The van der Waals surface area contributed by atoms with E-state index >= 15 is 0 Å². The summed E-state index contributed by atoms with van der Waals surface area (Å²) >= 11 is 0. The van der Waals surface area contributed by atoms with Crippen LogP contribution in [0.25, 0.3) is 0 Å². The number of nitrogens with one attached hydrogen (secondary N) is 1. The van der Waals surface area contributed by atoms with Gasteiger partial charge in [0.1, 0.15) is 5.75 Å². The number of benzene rings is 2. The molecule has 1 aliphatic heterocycles. The molecule has 0 radical (unpaired) electrons. The summed E-state index contributed by atoms with van der Waals surface area (Å²) in [6.07, 6.45) is 1.22. The molecule has 0 aliphatic carbocycles. The molecule has 0 unspecified atom stereocenters. The van der Waals surface area contributed by atoms with Crippen molar-refractivity contribution in [2.24, 2.45) is 0 Å². The van der Waals surface area contributed by atoms with Gasteiger partial charge in [-0.25, -0.2) is 13.2 Å². The quantitative estimate of drug-likeness (QED) is 0.749. The first kappa shape index (κ1) is 20.7. The maximum atomic E-state index is 13.7. The Morgan fingerprint density at radius 2 is 1.69 bits per heavy atom. The summed E-state index contributed by atoms with van der Waals surface area (Å²) in [7, 11) is 0. The molecule has 0 aromatic heterocycles. The van der Waals surface area contributed by atoms with Crippen molar-refractivity contribution in [1.29, 1.82) is 0 Å². The number of carbonyl (C=O) groups is 2. The van der Waals surface area contributed by atoms with Crippen LogP contribution in [0, 0.1) is 17.5 Å². The Kier molecular flexibility index (Phi) is 6.74. The maximum Gasteiger partial charge on any atom is 0.254 e. The van der Waals surface area contributed by atoms with Crippen molar-refractivity contribution in [1.82, 2.24) is 10.2 Å². The number of amides is 2. The smallest absolute Gasteiger partial charge is 0.254 e. The summed E-state index contributed by atoms with van der Waals surface area (Å²) < 4.78 is 45.5. The monoisotopic (exact) mass is 406 g/mol. The lowest BCUT2D eigenvalue weighted by Crippen LogP contribution is -2.46. The first-order valence-electron chi connectivity index (χ1n) is 9.35. The third kappa shape index (κ3) is 5.28. The largest absolute Gasteiger partial charge is 0.493 e. The van der Waals surface area contributed by atoms with Gasteiger partial charge >= 0.3 is 0 Å². The first-order valence-corrected chi connectivity index (χ1v) is 9.35. The van der Waals surface area contributed by atoms with E-state index in [1.807, 2.05) is 30.3 Å². The Morgan fingerprint density at radius 3 is 2.38 bits per heavy atom. The van der Waals surface area contributed by atoms with Crippen molar-refractivity contribution in [3.63, 3.8) is 0 Å². The highest BCUT2D eigenvalue weighted by molar-refractivity contribution is 5.94. The number of hydrogen-bond acceptors (Lipinski definition) is 3. The van der Waals surface area contributed by atoms with Crippen LogP contribution in [-0.4, -0.2) is 42.5 Å². The molecule has 0 atom stereocenters. The second-order valence-corrected chi connectivity index (χ2v) is 6.76. The third-order valence-corrected chi connectivity index (χ3v) is 4.79. The molecule has 1 saturated heterocycles. The molecule has 0 spiro atoms. The predicted octanol–water partition coefficient (Wildman–Crippen LogP) is 3.29. The highest BCUT2D eigenvalue weighted by Gasteiger charge is 2.26. The van der Waals surface area contributed by atoms with Crippen LogP contribution in [0.2, 0.25) is 0 Å². The molecule has 1 N–H and O–H groups in total. The molecule has 2 amide bonds. The van der Waals surface area contributed by atoms with E-state index in [4.69, 9.17) is 4.74 Å². The van der Waals surface area contributed by atoms with Crippen molar-refractivity contribution >= 4 is 11.8 Å². The summed E-state index contributed by atoms with van der Waals surface area (Å²) in [4.78, 5) is 26.1. The standard InChI is InChI=1S/C21H21F3N2O3/c22-17-7-6-16(19(23)20(17)24)21(28)25-14-8-11-26(12-9-14)18(27)10-13-29-15-4-2-1-3-5-15/h1-7,14H,8-13H2,(H,25,28). The first-order chi connectivity index (χ1) is 14.0. The number of ether oxygens (including phenoxy) is 1. The molecule has 1 heterocycles. The Labute approximate surface area is 166 Å². The van der Waals surface area contributed by atoms with E-state index in [1.165, 1.54) is 0 Å². The van der Waals surface area contributed by atoms with E-state index in [9.17, 15) is 22.8 Å². The van der Waals surface area contributed by atoms with E-state index in [0.29, 0.717) is 37.7 Å². The molecule has 2 aromatic rings. The predicted molar refractivity (Wildman–Crippen MR) is 99.9 cm³/mol. The van der Waals surface area contributed by atoms with Crippen LogP contribution in [0.5, 0.6) is 5.75 Å². The molecule has 2 aromatic carbocycles. The van der Waals surface area contributed by atoms with Crippen LogP contribution in [-0.2, 0) is 4.79 Å². The van der Waals surface area contributed by atoms with Gasteiger partial charge in [-0.05, 0) is 37.1 Å². The zero-order valence-electron chi connectivity index (χ0n) is 15.7. The molecule has 29 heavy (non-hydrogen) atoms. The minimum absolute atomic E-state index is 0.0441. The van der Waals surface area contributed by atoms with E-state index < -0.39 is 28.9 Å². The average molecular weight is 406 g/mol. The van der Waals surface area contributed by atoms with Gasteiger partial charge in [0.25, 0.3) is 5.91 Å². The Hall–Kier alpha value is -3.03. The second kappa shape index (κ2) is 9.45. The van der Waals surface area contributed by atoms with Crippen molar-refractivity contribution in [3.8, 4) is 5.75 Å². The fourth-order valence-corrected chi connectivity index (χ4v) is 3.17. The number of piperidine rings is 1. The molecule has 5 nitrogen and oxygen atoms in total. The highest BCUT2D eigenvalue weighted by atomic mass is 19.2. The van der Waals surface area contributed by atoms with Gasteiger partial charge in [-0.2, -0.15) is 0 Å². The SMILES string of the molecule is O=C(NC1CCN(C(=O)CCOc2ccccc2)CC1)c1ccc(F)c(F)c1F. The average Bonchev–Trinajstić information content (AvgIpc) is 2.73. The summed E-state index contributed by atoms with van der Waals surface area (Å²) in [5.41, 5.74) is -0.541. The molecule has 154 valence electrons. The number of para-hydroxylation sites is 1.